The number of likely N-dealkylation sites (tertiary alicyclic amines) is 1. The maximum atomic E-state index is 12.5. The van der Waals surface area contributed by atoms with Crippen LogP contribution in [0.5, 0.6) is 5.75 Å². The third-order valence-electron chi connectivity index (χ3n) is 5.37. The molecule has 30 heavy (non-hydrogen) atoms. The highest BCUT2D eigenvalue weighted by Gasteiger charge is 2.28. The Morgan fingerprint density at radius 1 is 1.10 bits per heavy atom. The fourth-order valence-corrected chi connectivity index (χ4v) is 3.85. The molecule has 6 nitrogen and oxygen atoms in total. The summed E-state index contributed by atoms with van der Waals surface area (Å²) < 4.78 is 12.8. The SMILES string of the molecule is COc1ccc(-c2ccc3cn(C4CCCN(C(=O)OC(C)(C)C)C4)nc3c2)cc1. The molecule has 1 atom stereocenters. The maximum Gasteiger partial charge on any atom is 0.410 e. The normalized spacial score (nSPS) is 17.2. The first-order valence-corrected chi connectivity index (χ1v) is 10.4. The zero-order valence-corrected chi connectivity index (χ0v) is 18.1. The second kappa shape index (κ2) is 8.01. The van der Waals surface area contributed by atoms with Crippen molar-refractivity contribution in [3.05, 3.63) is 48.7 Å². The van der Waals surface area contributed by atoms with Gasteiger partial charge in [0.2, 0.25) is 0 Å². The zero-order chi connectivity index (χ0) is 21.3. The minimum Gasteiger partial charge on any atom is -0.497 e. The molecular weight excluding hydrogens is 378 g/mol. The number of fused-ring (bicyclic) bond motifs is 1. The van der Waals surface area contributed by atoms with Crippen LogP contribution < -0.4 is 4.74 Å². The molecule has 1 amide bonds. The van der Waals surface area contributed by atoms with E-state index in [0.717, 1.165) is 47.2 Å². The highest BCUT2D eigenvalue weighted by atomic mass is 16.6. The molecule has 0 bridgehead atoms. The third-order valence-corrected chi connectivity index (χ3v) is 5.37. The van der Waals surface area contributed by atoms with Crippen molar-refractivity contribution >= 4 is 17.0 Å². The van der Waals surface area contributed by atoms with Crippen molar-refractivity contribution in [3.63, 3.8) is 0 Å². The van der Waals surface area contributed by atoms with Gasteiger partial charge >= 0.3 is 6.09 Å². The minimum atomic E-state index is -0.484. The molecule has 6 heteroatoms. The van der Waals surface area contributed by atoms with Crippen molar-refractivity contribution in [1.29, 1.82) is 0 Å². The van der Waals surface area contributed by atoms with Gasteiger partial charge < -0.3 is 14.4 Å². The highest BCUT2D eigenvalue weighted by molar-refractivity contribution is 5.84. The molecule has 158 valence electrons. The fourth-order valence-electron chi connectivity index (χ4n) is 3.85. The van der Waals surface area contributed by atoms with Crippen LogP contribution in [0.3, 0.4) is 0 Å². The molecule has 0 saturated carbocycles. The van der Waals surface area contributed by atoms with E-state index in [4.69, 9.17) is 14.6 Å². The lowest BCUT2D eigenvalue weighted by molar-refractivity contribution is 0.0168. The van der Waals surface area contributed by atoms with Gasteiger partial charge in [0.05, 0.1) is 18.7 Å². The molecule has 0 spiro atoms. The summed E-state index contributed by atoms with van der Waals surface area (Å²) in [5, 5.41) is 5.94. The van der Waals surface area contributed by atoms with Crippen LogP contribution in [-0.2, 0) is 4.74 Å². The lowest BCUT2D eigenvalue weighted by Crippen LogP contribution is -2.43. The molecule has 2 heterocycles. The summed E-state index contributed by atoms with van der Waals surface area (Å²) in [5.41, 5.74) is 2.72. The number of amides is 1. The van der Waals surface area contributed by atoms with Crippen LogP contribution >= 0.6 is 0 Å². The van der Waals surface area contributed by atoms with Crippen molar-refractivity contribution in [2.75, 3.05) is 20.2 Å². The number of ether oxygens (including phenoxy) is 2. The number of hydrogen-bond acceptors (Lipinski definition) is 4. The van der Waals surface area contributed by atoms with Crippen LogP contribution in [0.25, 0.3) is 22.0 Å². The predicted octanol–water partition coefficient (Wildman–Crippen LogP) is 5.28. The predicted molar refractivity (Wildman–Crippen MR) is 118 cm³/mol. The fraction of sp³-hybridized carbons (Fsp3) is 0.417. The van der Waals surface area contributed by atoms with Crippen molar-refractivity contribution < 1.29 is 14.3 Å². The van der Waals surface area contributed by atoms with E-state index >= 15 is 0 Å². The quantitative estimate of drug-likeness (QED) is 0.592. The standard InChI is InChI=1S/C24H29N3O3/c1-24(2,3)30-23(28)26-13-5-6-20(16-26)27-15-19-8-7-18(14-22(19)25-27)17-9-11-21(29-4)12-10-17/h7-12,14-15,20H,5-6,13,16H2,1-4H3. The van der Waals surface area contributed by atoms with Gasteiger partial charge in [-0.05, 0) is 62.9 Å². The van der Waals surface area contributed by atoms with Crippen molar-refractivity contribution in [2.24, 2.45) is 0 Å². The van der Waals surface area contributed by atoms with Crippen LogP contribution in [0.4, 0.5) is 4.79 Å². The van der Waals surface area contributed by atoms with E-state index < -0.39 is 5.60 Å². The highest BCUT2D eigenvalue weighted by Crippen LogP contribution is 2.28. The number of piperidine rings is 1. The van der Waals surface area contributed by atoms with Gasteiger partial charge in [-0.15, -0.1) is 0 Å². The number of benzene rings is 2. The minimum absolute atomic E-state index is 0.156. The van der Waals surface area contributed by atoms with Crippen LogP contribution in [0.2, 0.25) is 0 Å². The van der Waals surface area contributed by atoms with E-state index in [1.54, 1.807) is 12.0 Å². The molecule has 1 aliphatic rings. The van der Waals surface area contributed by atoms with E-state index in [2.05, 4.69) is 36.5 Å². The summed E-state index contributed by atoms with van der Waals surface area (Å²) >= 11 is 0. The molecule has 4 rings (SSSR count). The molecular formula is C24H29N3O3. The van der Waals surface area contributed by atoms with Crippen LogP contribution in [-0.4, -0.2) is 46.6 Å². The number of aromatic nitrogens is 2. The lowest BCUT2D eigenvalue weighted by atomic mass is 10.0. The first kappa shape index (κ1) is 20.3. The number of rotatable bonds is 3. The topological polar surface area (TPSA) is 56.6 Å². The van der Waals surface area contributed by atoms with Gasteiger partial charge in [0.25, 0.3) is 0 Å². The summed E-state index contributed by atoms with van der Waals surface area (Å²) in [6.45, 7) is 7.04. The molecule has 0 N–H and O–H groups in total. The Morgan fingerprint density at radius 3 is 2.53 bits per heavy atom. The summed E-state index contributed by atoms with van der Waals surface area (Å²) in [4.78, 5) is 14.3. The lowest BCUT2D eigenvalue weighted by Gasteiger charge is -2.34. The maximum absolute atomic E-state index is 12.5. The first-order valence-electron chi connectivity index (χ1n) is 10.4. The van der Waals surface area contributed by atoms with Gasteiger partial charge in [0.15, 0.2) is 0 Å². The van der Waals surface area contributed by atoms with E-state index in [-0.39, 0.29) is 12.1 Å². The Balaban J connectivity index is 1.53. The number of hydrogen-bond donors (Lipinski definition) is 0. The summed E-state index contributed by atoms with van der Waals surface area (Å²) in [6.07, 6.45) is 3.78. The Bertz CT molecular complexity index is 1030. The monoisotopic (exact) mass is 407 g/mol. The second-order valence-electron chi connectivity index (χ2n) is 8.83. The van der Waals surface area contributed by atoms with Gasteiger partial charge in [-0.3, -0.25) is 4.68 Å². The Morgan fingerprint density at radius 2 is 1.83 bits per heavy atom. The van der Waals surface area contributed by atoms with Gasteiger partial charge in [-0.1, -0.05) is 24.3 Å². The number of methoxy groups -OCH3 is 1. The van der Waals surface area contributed by atoms with Crippen LogP contribution in [0.15, 0.2) is 48.7 Å². The summed E-state index contributed by atoms with van der Waals surface area (Å²) in [6, 6.07) is 14.5. The van der Waals surface area contributed by atoms with Crippen molar-refractivity contribution in [3.8, 4) is 16.9 Å². The molecule has 3 aromatic rings. The van der Waals surface area contributed by atoms with Crippen LogP contribution in [0.1, 0.15) is 39.7 Å². The van der Waals surface area contributed by atoms with E-state index in [9.17, 15) is 4.79 Å². The van der Waals surface area contributed by atoms with E-state index in [1.807, 2.05) is 37.6 Å². The zero-order valence-electron chi connectivity index (χ0n) is 18.1. The third kappa shape index (κ3) is 4.42. The van der Waals surface area contributed by atoms with Gasteiger partial charge in [-0.25, -0.2) is 4.79 Å². The molecule has 1 saturated heterocycles. The molecule has 0 aliphatic carbocycles. The molecule has 0 radical (unpaired) electrons. The van der Waals surface area contributed by atoms with E-state index in [1.165, 1.54) is 0 Å². The average molecular weight is 408 g/mol. The number of carbonyl (C=O) groups excluding carboxylic acids is 1. The number of nitrogens with zero attached hydrogens (tertiary/aromatic N) is 3. The molecule has 1 fully saturated rings. The smallest absolute Gasteiger partial charge is 0.410 e. The second-order valence-corrected chi connectivity index (χ2v) is 8.83. The first-order chi connectivity index (χ1) is 14.3. The van der Waals surface area contributed by atoms with Gasteiger partial charge in [-0.2, -0.15) is 5.10 Å². The molecule has 1 unspecified atom stereocenters. The molecule has 1 aromatic heterocycles. The Hall–Kier alpha value is -3.02. The largest absolute Gasteiger partial charge is 0.497 e. The van der Waals surface area contributed by atoms with Gasteiger partial charge in [0.1, 0.15) is 11.4 Å². The van der Waals surface area contributed by atoms with Crippen molar-refractivity contribution in [1.82, 2.24) is 14.7 Å². The van der Waals surface area contributed by atoms with Gasteiger partial charge in [0, 0.05) is 24.7 Å². The average Bonchev–Trinajstić information content (AvgIpc) is 3.16. The Labute approximate surface area is 177 Å². The Kier molecular flexibility index (Phi) is 5.41. The summed E-state index contributed by atoms with van der Waals surface area (Å²) in [7, 11) is 1.67. The number of carbonyl (C=O) groups is 1. The molecule has 1 aliphatic heterocycles. The van der Waals surface area contributed by atoms with Crippen LogP contribution in [0, 0.1) is 0 Å². The molecule has 2 aromatic carbocycles. The van der Waals surface area contributed by atoms with Crippen molar-refractivity contribution in [2.45, 2.75) is 45.3 Å². The summed E-state index contributed by atoms with van der Waals surface area (Å²) in [5.74, 6) is 0.843. The van der Waals surface area contributed by atoms with E-state index in [0.29, 0.717) is 6.54 Å².